The minimum Gasteiger partial charge on any atom is -0.446 e. The van der Waals surface area contributed by atoms with Gasteiger partial charge in [0.15, 0.2) is 0 Å². The van der Waals surface area contributed by atoms with E-state index < -0.39 is 6.04 Å². The van der Waals surface area contributed by atoms with Gasteiger partial charge in [0.2, 0.25) is 5.91 Å². The molecule has 0 unspecified atom stereocenters. The molecule has 2 amide bonds. The lowest BCUT2D eigenvalue weighted by molar-refractivity contribution is -0.143. The number of halogens is 1. The molecule has 1 saturated carbocycles. The largest absolute Gasteiger partial charge is 0.446 e. The molecule has 0 N–H and O–H groups in total. The normalized spacial score (nSPS) is 23.9. The van der Waals surface area contributed by atoms with Crippen molar-refractivity contribution in [2.24, 2.45) is 0 Å². The van der Waals surface area contributed by atoms with Crippen LogP contribution in [-0.4, -0.2) is 85.6 Å². The van der Waals surface area contributed by atoms with Gasteiger partial charge in [-0.1, -0.05) is 30.2 Å². The third-order valence-corrected chi connectivity index (χ3v) is 11.0. The Bertz CT molecular complexity index is 1570. The Morgan fingerprint density at radius 2 is 1.77 bits per heavy atom. The fraction of sp³-hybridized carbons (Fsp3) is 0.568. The number of carbonyl (C=O) groups excluding carboxylic acids is 2. The summed E-state index contributed by atoms with van der Waals surface area (Å²) in [4.78, 5) is 44.2. The number of nitrogens with zero attached hydrogens (tertiary/aromatic N) is 6. The van der Waals surface area contributed by atoms with Crippen LogP contribution in [0.3, 0.4) is 0 Å². The molecule has 0 radical (unpaired) electrons. The number of hydrogen-bond acceptors (Lipinski definition) is 6. The molecule has 3 fully saturated rings. The van der Waals surface area contributed by atoms with E-state index in [-0.39, 0.29) is 30.2 Å². The molecule has 2 saturated heterocycles. The standard InChI is InChI=1S/C37H47ClN6O3/c1-26-23-41(25-40-26)19-16-30-9-5-6-18-43(30)36(45)33-24-42(20-21-44(33)37(46)47-31-10-3-2-4-11-31)35-32-15-14-29(38)22-28(32)13-12-27-8-7-17-39-34(27)35/h7-8,14-15,17,22-23,25,30-31,33,35H,2-6,9-13,16,18-21,24H2,1H3/t30-,33+,35-/m0/s1. The fourth-order valence-electron chi connectivity index (χ4n) is 8.29. The molecule has 250 valence electrons. The number of likely N-dealkylation sites (tertiary alicyclic amines) is 1. The van der Waals surface area contributed by atoms with Crippen LogP contribution in [0.25, 0.3) is 0 Å². The highest BCUT2D eigenvalue weighted by Gasteiger charge is 2.44. The number of imidazole rings is 1. The third kappa shape index (κ3) is 7.07. The van der Waals surface area contributed by atoms with E-state index in [0.717, 1.165) is 87.2 Å². The summed E-state index contributed by atoms with van der Waals surface area (Å²) in [5, 5.41) is 0.728. The van der Waals surface area contributed by atoms with Crippen molar-refractivity contribution in [2.45, 2.75) is 108 Å². The van der Waals surface area contributed by atoms with Gasteiger partial charge in [-0.25, -0.2) is 9.78 Å². The first-order valence-corrected chi connectivity index (χ1v) is 18.0. The van der Waals surface area contributed by atoms with Crippen LogP contribution < -0.4 is 0 Å². The maximum atomic E-state index is 14.8. The summed E-state index contributed by atoms with van der Waals surface area (Å²) in [5.41, 5.74) is 5.65. The first-order valence-electron chi connectivity index (χ1n) is 17.7. The van der Waals surface area contributed by atoms with Gasteiger partial charge in [0.05, 0.1) is 23.8 Å². The molecule has 10 heteroatoms. The van der Waals surface area contributed by atoms with E-state index in [4.69, 9.17) is 21.3 Å². The van der Waals surface area contributed by atoms with E-state index in [1.54, 1.807) is 4.90 Å². The molecule has 0 spiro atoms. The molecule has 2 aromatic heterocycles. The lowest BCUT2D eigenvalue weighted by Crippen LogP contribution is -2.63. The van der Waals surface area contributed by atoms with Gasteiger partial charge in [-0.2, -0.15) is 0 Å². The minimum atomic E-state index is -0.637. The van der Waals surface area contributed by atoms with Crippen molar-refractivity contribution in [1.82, 2.24) is 29.2 Å². The second-order valence-corrected chi connectivity index (χ2v) is 14.3. The molecule has 47 heavy (non-hydrogen) atoms. The zero-order chi connectivity index (χ0) is 32.3. The summed E-state index contributed by atoms with van der Waals surface area (Å²) in [6.45, 7) is 4.99. The van der Waals surface area contributed by atoms with Crippen LogP contribution >= 0.6 is 11.6 Å². The van der Waals surface area contributed by atoms with E-state index in [2.05, 4.69) is 43.7 Å². The minimum absolute atomic E-state index is 0.0352. The van der Waals surface area contributed by atoms with Gasteiger partial charge in [-0.05, 0) is 106 Å². The van der Waals surface area contributed by atoms with Gasteiger partial charge in [0.1, 0.15) is 12.1 Å². The first kappa shape index (κ1) is 32.1. The number of carbonyl (C=O) groups is 2. The van der Waals surface area contributed by atoms with Crippen LogP contribution in [0.5, 0.6) is 0 Å². The van der Waals surface area contributed by atoms with Crippen molar-refractivity contribution in [3.05, 3.63) is 82.2 Å². The Morgan fingerprint density at radius 3 is 2.60 bits per heavy atom. The zero-order valence-corrected chi connectivity index (χ0v) is 28.3. The SMILES string of the molecule is Cc1cn(CC[C@@H]2CCCCN2C(=O)[C@H]2CN([C@H]3c4ccc(Cl)cc4CCc4cccnc43)CCN2C(=O)OC2CCCCC2)cn1. The third-order valence-electron chi connectivity index (χ3n) is 10.8. The molecule has 9 nitrogen and oxygen atoms in total. The number of piperazine rings is 1. The second-order valence-electron chi connectivity index (χ2n) is 13.9. The molecule has 0 bridgehead atoms. The molecule has 3 atom stereocenters. The van der Waals surface area contributed by atoms with Crippen molar-refractivity contribution in [1.29, 1.82) is 0 Å². The molecule has 2 aliphatic heterocycles. The quantitative estimate of drug-likeness (QED) is 0.307. The lowest BCUT2D eigenvalue weighted by Gasteiger charge is -2.46. The number of ether oxygens (including phenoxy) is 1. The maximum absolute atomic E-state index is 14.8. The number of benzene rings is 1. The molecule has 4 aliphatic rings. The molecule has 1 aromatic carbocycles. The van der Waals surface area contributed by atoms with Crippen LogP contribution in [0.2, 0.25) is 5.02 Å². The maximum Gasteiger partial charge on any atom is 0.410 e. The monoisotopic (exact) mass is 658 g/mol. The number of aryl methyl sites for hydroxylation is 4. The van der Waals surface area contributed by atoms with Crippen molar-refractivity contribution >= 4 is 23.6 Å². The number of aromatic nitrogens is 3. The average Bonchev–Trinajstić information content (AvgIpc) is 3.45. The Hall–Kier alpha value is -3.43. The van der Waals surface area contributed by atoms with Crippen molar-refractivity contribution < 1.29 is 14.3 Å². The topological polar surface area (TPSA) is 83.8 Å². The Kier molecular flexibility index (Phi) is 9.82. The van der Waals surface area contributed by atoms with Gasteiger partial charge in [0.25, 0.3) is 0 Å². The van der Waals surface area contributed by atoms with Gasteiger partial charge < -0.3 is 14.2 Å². The molecule has 2 aliphatic carbocycles. The Balaban J connectivity index is 1.19. The van der Waals surface area contributed by atoms with Crippen LogP contribution in [0.1, 0.15) is 91.9 Å². The van der Waals surface area contributed by atoms with E-state index >= 15 is 0 Å². The average molecular weight is 659 g/mol. The summed E-state index contributed by atoms with van der Waals surface area (Å²) in [6.07, 6.45) is 16.2. The highest BCUT2D eigenvalue weighted by atomic mass is 35.5. The van der Waals surface area contributed by atoms with Crippen LogP contribution in [0.15, 0.2) is 49.1 Å². The molecule has 7 rings (SSSR count). The number of hydrogen-bond donors (Lipinski definition) is 0. The first-order chi connectivity index (χ1) is 22.9. The molecular formula is C37H47ClN6O3. The van der Waals surface area contributed by atoms with Crippen molar-refractivity contribution in [3.63, 3.8) is 0 Å². The fourth-order valence-corrected chi connectivity index (χ4v) is 8.48. The van der Waals surface area contributed by atoms with Gasteiger partial charge in [-0.15, -0.1) is 0 Å². The zero-order valence-electron chi connectivity index (χ0n) is 27.5. The second kappa shape index (κ2) is 14.4. The lowest BCUT2D eigenvalue weighted by atomic mass is 9.94. The van der Waals surface area contributed by atoms with E-state index in [9.17, 15) is 9.59 Å². The van der Waals surface area contributed by atoms with Gasteiger partial charge in [0, 0.05) is 56.2 Å². The summed E-state index contributed by atoms with van der Waals surface area (Å²) in [7, 11) is 0. The van der Waals surface area contributed by atoms with E-state index in [1.165, 1.54) is 23.1 Å². The summed E-state index contributed by atoms with van der Waals surface area (Å²) < 4.78 is 8.23. The summed E-state index contributed by atoms with van der Waals surface area (Å²) >= 11 is 6.50. The van der Waals surface area contributed by atoms with Crippen molar-refractivity contribution in [3.8, 4) is 0 Å². The van der Waals surface area contributed by atoms with Crippen LogP contribution in [0.4, 0.5) is 4.79 Å². The number of amides is 2. The Labute approximate surface area is 283 Å². The van der Waals surface area contributed by atoms with Gasteiger partial charge in [-0.3, -0.25) is 19.6 Å². The van der Waals surface area contributed by atoms with Gasteiger partial charge >= 0.3 is 6.09 Å². The van der Waals surface area contributed by atoms with Crippen molar-refractivity contribution in [2.75, 3.05) is 26.2 Å². The number of fused-ring (bicyclic) bond motifs is 2. The summed E-state index contributed by atoms with van der Waals surface area (Å²) in [5.74, 6) is 0.0352. The summed E-state index contributed by atoms with van der Waals surface area (Å²) in [6, 6.07) is 9.70. The van der Waals surface area contributed by atoms with E-state index in [1.807, 2.05) is 31.6 Å². The predicted molar refractivity (Wildman–Crippen MR) is 181 cm³/mol. The molecule has 4 heterocycles. The number of rotatable bonds is 6. The van der Waals surface area contributed by atoms with E-state index in [0.29, 0.717) is 26.2 Å². The Morgan fingerprint density at radius 1 is 0.936 bits per heavy atom. The number of piperidine rings is 1. The highest BCUT2D eigenvalue weighted by Crippen LogP contribution is 2.38. The van der Waals surface area contributed by atoms with Crippen LogP contribution in [0, 0.1) is 6.92 Å². The predicted octanol–water partition coefficient (Wildman–Crippen LogP) is 6.35. The highest BCUT2D eigenvalue weighted by molar-refractivity contribution is 6.30. The smallest absolute Gasteiger partial charge is 0.410 e. The molecule has 3 aromatic rings. The molecular weight excluding hydrogens is 612 g/mol. The number of pyridine rings is 1. The van der Waals surface area contributed by atoms with Crippen LogP contribution in [-0.2, 0) is 28.9 Å².